The fraction of sp³-hybridized carbons (Fsp3) is 0.250. The number of hydrogen-bond donors (Lipinski definition) is 1. The van der Waals surface area contributed by atoms with Gasteiger partial charge in [0.05, 0.1) is 26.1 Å². The molecule has 0 fully saturated rings. The van der Waals surface area contributed by atoms with E-state index in [-0.39, 0.29) is 0 Å². The van der Waals surface area contributed by atoms with E-state index >= 15 is 0 Å². The Morgan fingerprint density at radius 2 is 1.79 bits per heavy atom. The Bertz CT molecular complexity index is 820. The van der Waals surface area contributed by atoms with Gasteiger partial charge in [-0.05, 0) is 48.9 Å². The zero-order chi connectivity index (χ0) is 20.4. The Balaban J connectivity index is 1.76. The standard InChI is InChI=1S/C20H22N2O6/c1-14(20(24)22-17-6-4-5-7-18(17)26-3)28-19(23)13-27-21-12-15-8-10-16(25-2)11-9-15/h4-12,14H,13H2,1-3H3,(H,22,24)/b21-12-/t14-/m1/s1. The van der Waals surface area contributed by atoms with Crippen molar-refractivity contribution in [1.82, 2.24) is 0 Å². The molecule has 2 aromatic rings. The van der Waals surface area contributed by atoms with E-state index in [1.807, 2.05) is 0 Å². The molecule has 0 saturated heterocycles. The molecule has 0 aromatic heterocycles. The molecule has 0 saturated carbocycles. The summed E-state index contributed by atoms with van der Waals surface area (Å²) in [4.78, 5) is 28.8. The van der Waals surface area contributed by atoms with Crippen LogP contribution in [-0.2, 0) is 19.2 Å². The van der Waals surface area contributed by atoms with Crippen molar-refractivity contribution < 1.29 is 28.6 Å². The molecule has 2 rings (SSSR count). The molecule has 1 amide bonds. The summed E-state index contributed by atoms with van der Waals surface area (Å²) < 4.78 is 15.2. The summed E-state index contributed by atoms with van der Waals surface area (Å²) in [5.41, 5.74) is 1.26. The van der Waals surface area contributed by atoms with Crippen LogP contribution in [-0.4, -0.2) is 45.0 Å². The predicted octanol–water partition coefficient (Wildman–Crippen LogP) is 2.62. The first-order valence-electron chi connectivity index (χ1n) is 8.46. The first kappa shape index (κ1) is 20.8. The van der Waals surface area contributed by atoms with E-state index in [0.717, 1.165) is 11.3 Å². The lowest BCUT2D eigenvalue weighted by molar-refractivity contribution is -0.157. The van der Waals surface area contributed by atoms with Gasteiger partial charge in [-0.25, -0.2) is 4.79 Å². The van der Waals surface area contributed by atoms with Gasteiger partial charge in [-0.2, -0.15) is 0 Å². The number of nitrogens with zero attached hydrogens (tertiary/aromatic N) is 1. The van der Waals surface area contributed by atoms with Crippen molar-refractivity contribution in [1.29, 1.82) is 0 Å². The van der Waals surface area contributed by atoms with Crippen LogP contribution in [0.25, 0.3) is 0 Å². The van der Waals surface area contributed by atoms with E-state index in [2.05, 4.69) is 10.5 Å². The van der Waals surface area contributed by atoms with Crippen molar-refractivity contribution in [3.8, 4) is 11.5 Å². The number of nitrogens with one attached hydrogen (secondary N) is 1. The number of para-hydroxylation sites is 2. The van der Waals surface area contributed by atoms with E-state index < -0.39 is 24.6 Å². The van der Waals surface area contributed by atoms with E-state index in [4.69, 9.17) is 19.0 Å². The first-order chi connectivity index (χ1) is 13.5. The second kappa shape index (κ2) is 10.6. The molecule has 8 nitrogen and oxygen atoms in total. The number of oxime groups is 1. The maximum atomic E-state index is 12.2. The maximum absolute atomic E-state index is 12.2. The van der Waals surface area contributed by atoms with Gasteiger partial charge in [0.25, 0.3) is 5.91 Å². The van der Waals surface area contributed by atoms with Gasteiger partial charge in [-0.3, -0.25) is 4.79 Å². The normalized spacial score (nSPS) is 11.5. The Kier molecular flexibility index (Phi) is 7.83. The lowest BCUT2D eigenvalue weighted by Crippen LogP contribution is -2.31. The molecule has 1 atom stereocenters. The third-order valence-corrected chi connectivity index (χ3v) is 3.62. The third kappa shape index (κ3) is 6.31. The molecule has 0 unspecified atom stereocenters. The van der Waals surface area contributed by atoms with Crippen LogP contribution in [0.3, 0.4) is 0 Å². The zero-order valence-electron chi connectivity index (χ0n) is 15.9. The number of ether oxygens (including phenoxy) is 3. The summed E-state index contributed by atoms with van der Waals surface area (Å²) in [6.45, 7) is 1.04. The van der Waals surface area contributed by atoms with Gasteiger partial charge < -0.3 is 24.4 Å². The first-order valence-corrected chi connectivity index (χ1v) is 8.46. The average molecular weight is 386 g/mol. The lowest BCUT2D eigenvalue weighted by Gasteiger charge is -2.14. The smallest absolute Gasteiger partial charge is 0.347 e. The van der Waals surface area contributed by atoms with Crippen LogP contribution in [0.15, 0.2) is 53.7 Å². The maximum Gasteiger partial charge on any atom is 0.347 e. The van der Waals surface area contributed by atoms with E-state index in [9.17, 15) is 9.59 Å². The van der Waals surface area contributed by atoms with Crippen LogP contribution in [0.5, 0.6) is 11.5 Å². The van der Waals surface area contributed by atoms with E-state index in [1.54, 1.807) is 55.6 Å². The van der Waals surface area contributed by atoms with Crippen molar-refractivity contribution >= 4 is 23.8 Å². The van der Waals surface area contributed by atoms with E-state index in [1.165, 1.54) is 20.2 Å². The zero-order valence-corrected chi connectivity index (χ0v) is 15.9. The Labute approximate surface area is 163 Å². The minimum atomic E-state index is -1.01. The second-order valence-corrected chi connectivity index (χ2v) is 5.60. The Morgan fingerprint density at radius 1 is 1.07 bits per heavy atom. The molecule has 8 heteroatoms. The average Bonchev–Trinajstić information content (AvgIpc) is 2.72. The van der Waals surface area contributed by atoms with Gasteiger partial charge in [-0.1, -0.05) is 17.3 Å². The van der Waals surface area contributed by atoms with Gasteiger partial charge in [-0.15, -0.1) is 0 Å². The fourth-order valence-corrected chi connectivity index (χ4v) is 2.15. The summed E-state index contributed by atoms with van der Waals surface area (Å²) in [5, 5.41) is 6.34. The Hall–Kier alpha value is -3.55. The number of esters is 1. The number of hydrogen-bond acceptors (Lipinski definition) is 7. The minimum absolute atomic E-state index is 0.418. The monoisotopic (exact) mass is 386 g/mol. The lowest BCUT2D eigenvalue weighted by atomic mass is 10.2. The molecule has 0 heterocycles. The molecule has 1 N–H and O–H groups in total. The molecule has 0 aliphatic carbocycles. The highest BCUT2D eigenvalue weighted by molar-refractivity contribution is 5.96. The number of methoxy groups -OCH3 is 2. The molecule has 2 aromatic carbocycles. The van der Waals surface area contributed by atoms with Crippen LogP contribution in [0, 0.1) is 0 Å². The topological polar surface area (TPSA) is 95.5 Å². The van der Waals surface area contributed by atoms with Gasteiger partial charge in [0.1, 0.15) is 11.5 Å². The highest BCUT2D eigenvalue weighted by Crippen LogP contribution is 2.23. The molecule has 0 aliphatic heterocycles. The quantitative estimate of drug-likeness (QED) is 0.404. The molecule has 0 spiro atoms. The SMILES string of the molecule is COc1ccc(/C=N\OCC(=O)O[C@H](C)C(=O)Nc2ccccc2OC)cc1. The van der Waals surface area contributed by atoms with Crippen LogP contribution in [0.1, 0.15) is 12.5 Å². The molecule has 0 bridgehead atoms. The summed E-state index contributed by atoms with van der Waals surface area (Å²) in [7, 11) is 3.08. The minimum Gasteiger partial charge on any atom is -0.497 e. The van der Waals surface area contributed by atoms with Crippen molar-refractivity contribution in [3.05, 3.63) is 54.1 Å². The molecule has 148 valence electrons. The number of carbonyl (C=O) groups excluding carboxylic acids is 2. The van der Waals surface area contributed by atoms with E-state index in [0.29, 0.717) is 11.4 Å². The summed E-state index contributed by atoms with van der Waals surface area (Å²) in [5.74, 6) is 0.0294. The molecular formula is C20H22N2O6. The molecule has 0 aliphatic rings. The highest BCUT2D eigenvalue weighted by atomic mass is 16.7. The van der Waals surface area contributed by atoms with Crippen molar-refractivity contribution in [2.75, 3.05) is 26.1 Å². The number of amides is 1. The molecule has 28 heavy (non-hydrogen) atoms. The largest absolute Gasteiger partial charge is 0.497 e. The van der Waals surface area contributed by atoms with Gasteiger partial charge >= 0.3 is 5.97 Å². The van der Waals surface area contributed by atoms with Crippen molar-refractivity contribution in [3.63, 3.8) is 0 Å². The van der Waals surface area contributed by atoms with Crippen LogP contribution in [0.2, 0.25) is 0 Å². The van der Waals surface area contributed by atoms with Crippen LogP contribution >= 0.6 is 0 Å². The molecule has 0 radical (unpaired) electrons. The molecular weight excluding hydrogens is 364 g/mol. The van der Waals surface area contributed by atoms with Crippen molar-refractivity contribution in [2.24, 2.45) is 5.16 Å². The number of benzene rings is 2. The van der Waals surface area contributed by atoms with Crippen molar-refractivity contribution in [2.45, 2.75) is 13.0 Å². The van der Waals surface area contributed by atoms with Gasteiger partial charge in [0.2, 0.25) is 6.61 Å². The third-order valence-electron chi connectivity index (χ3n) is 3.62. The van der Waals surface area contributed by atoms with Crippen LogP contribution in [0.4, 0.5) is 5.69 Å². The summed E-state index contributed by atoms with van der Waals surface area (Å²) in [6.07, 6.45) is 0.441. The summed E-state index contributed by atoms with van der Waals surface area (Å²) >= 11 is 0. The predicted molar refractivity (Wildman–Crippen MR) is 104 cm³/mol. The number of carbonyl (C=O) groups is 2. The second-order valence-electron chi connectivity index (χ2n) is 5.60. The number of rotatable bonds is 9. The highest BCUT2D eigenvalue weighted by Gasteiger charge is 2.19. The Morgan fingerprint density at radius 3 is 2.46 bits per heavy atom. The fourth-order valence-electron chi connectivity index (χ4n) is 2.15. The number of anilines is 1. The van der Waals surface area contributed by atoms with Gasteiger partial charge in [0.15, 0.2) is 6.10 Å². The van der Waals surface area contributed by atoms with Gasteiger partial charge in [0, 0.05) is 0 Å². The van der Waals surface area contributed by atoms with Crippen LogP contribution < -0.4 is 14.8 Å². The summed E-state index contributed by atoms with van der Waals surface area (Å²) in [6, 6.07) is 14.0.